The second-order valence-electron chi connectivity index (χ2n) is 10.6. The zero-order chi connectivity index (χ0) is 32.9. The monoisotopic (exact) mass is 645 g/mol. The Kier molecular flexibility index (Phi) is 26.7. The van der Waals surface area contributed by atoms with E-state index < -0.39 is 57.6 Å². The maximum Gasteiger partial charge on any atom is 0.472 e. The van der Waals surface area contributed by atoms with Gasteiger partial charge in [-0.2, -0.15) is 0 Å². The molecule has 0 radical (unpaired) electrons. The van der Waals surface area contributed by atoms with Crippen molar-refractivity contribution in [3.8, 4) is 0 Å². The van der Waals surface area contributed by atoms with Gasteiger partial charge in [0.15, 0.2) is 6.04 Å². The molecule has 0 heterocycles. The van der Waals surface area contributed by atoms with Crippen molar-refractivity contribution < 1.29 is 47.8 Å². The van der Waals surface area contributed by atoms with Crippen molar-refractivity contribution in [1.82, 2.24) is 5.32 Å². The summed E-state index contributed by atoms with van der Waals surface area (Å²) in [7, 11) is -4.73. The van der Waals surface area contributed by atoms with Crippen LogP contribution in [-0.4, -0.2) is 64.9 Å². The van der Waals surface area contributed by atoms with Crippen LogP contribution in [0.1, 0.15) is 117 Å². The molecule has 0 aliphatic rings. The molecule has 0 bridgehead atoms. The average molecular weight is 646 g/mol. The van der Waals surface area contributed by atoms with E-state index in [0.717, 1.165) is 64.2 Å². The minimum Gasteiger partial charge on any atom is -0.480 e. The van der Waals surface area contributed by atoms with Gasteiger partial charge in [-0.05, 0) is 44.9 Å². The largest absolute Gasteiger partial charge is 0.480 e. The van der Waals surface area contributed by atoms with Crippen LogP contribution in [0.3, 0.4) is 0 Å². The van der Waals surface area contributed by atoms with Crippen LogP contribution in [0.4, 0.5) is 0 Å². The fraction of sp³-hybridized carbons (Fsp3) is 0.719. The van der Waals surface area contributed by atoms with Gasteiger partial charge in [0.05, 0.1) is 13.2 Å². The van der Waals surface area contributed by atoms with Crippen LogP contribution in [0.25, 0.3) is 0 Å². The lowest BCUT2D eigenvalue weighted by Gasteiger charge is -2.18. The molecule has 0 aliphatic carbocycles. The third kappa shape index (κ3) is 27.3. The van der Waals surface area contributed by atoms with Crippen LogP contribution in [0.15, 0.2) is 36.5 Å². The van der Waals surface area contributed by atoms with E-state index in [9.17, 15) is 34.1 Å². The molecule has 11 nitrogen and oxygen atoms in total. The van der Waals surface area contributed by atoms with E-state index >= 15 is 0 Å². The van der Waals surface area contributed by atoms with Gasteiger partial charge in [0.25, 0.3) is 0 Å². The molecule has 0 saturated carbocycles. The number of nitrogens with one attached hydrogen (secondary N) is 1. The molecule has 3 atom stereocenters. The van der Waals surface area contributed by atoms with Crippen LogP contribution in [0, 0.1) is 0 Å². The normalized spacial score (nSPS) is 14.6. The molecule has 0 rings (SSSR count). The molecule has 3 unspecified atom stereocenters. The highest BCUT2D eigenvalue weighted by molar-refractivity contribution is 7.47. The zero-order valence-electron chi connectivity index (χ0n) is 26.7. The van der Waals surface area contributed by atoms with E-state index in [0.29, 0.717) is 12.8 Å². The number of carboxylic acids is 1. The van der Waals surface area contributed by atoms with Crippen molar-refractivity contribution in [2.75, 3.05) is 19.8 Å². The molecule has 254 valence electrons. The second kappa shape index (κ2) is 28.2. The smallest absolute Gasteiger partial charge is 0.472 e. The number of aliphatic hydroxyl groups is 1. The summed E-state index contributed by atoms with van der Waals surface area (Å²) in [6.45, 7) is 2.19. The molecular formula is C32H56NO10P. The standard InChI is InChI=1S/C32H56NO10P/c1-3-5-7-8-9-10-11-12-13-14-15-16-17-18-19-20-22-24-31(36)41-25-28(34)26-42-44(39,40)43-27-29(32(37)38)33-30(35)23-21-6-4-2/h5,7,9-10,12-13,28-29,34H,3-4,6,8,11,14-27H2,1-2H3,(H,33,35)(H,37,38)(H,39,40)/b7-5-,10-9-,13-12-. The highest BCUT2D eigenvalue weighted by atomic mass is 31.2. The van der Waals surface area contributed by atoms with Crippen molar-refractivity contribution in [1.29, 1.82) is 0 Å². The quantitative estimate of drug-likeness (QED) is 0.0303. The fourth-order valence-electron chi connectivity index (χ4n) is 3.91. The Balaban J connectivity index is 3.89. The number of aliphatic hydroxyl groups excluding tert-OH is 1. The van der Waals surface area contributed by atoms with E-state index in [1.54, 1.807) is 0 Å². The molecular weight excluding hydrogens is 589 g/mol. The molecule has 1 amide bonds. The van der Waals surface area contributed by atoms with E-state index in [1.807, 2.05) is 6.92 Å². The first-order valence-corrected chi connectivity index (χ1v) is 17.5. The van der Waals surface area contributed by atoms with Crippen molar-refractivity contribution >= 4 is 25.7 Å². The Bertz CT molecular complexity index is 905. The number of hydrogen-bond acceptors (Lipinski definition) is 8. The van der Waals surface area contributed by atoms with Gasteiger partial charge in [-0.15, -0.1) is 0 Å². The lowest BCUT2D eigenvalue weighted by molar-refractivity contribution is -0.147. The predicted molar refractivity (Wildman–Crippen MR) is 171 cm³/mol. The molecule has 0 fully saturated rings. The number of carbonyl (C=O) groups excluding carboxylic acids is 2. The Morgan fingerprint density at radius 3 is 1.95 bits per heavy atom. The van der Waals surface area contributed by atoms with Gasteiger partial charge < -0.3 is 25.2 Å². The summed E-state index contributed by atoms with van der Waals surface area (Å²) in [5, 5.41) is 21.4. The Morgan fingerprint density at radius 1 is 0.750 bits per heavy atom. The first-order chi connectivity index (χ1) is 21.1. The molecule has 0 aromatic rings. The van der Waals surface area contributed by atoms with Gasteiger partial charge in [0.1, 0.15) is 12.7 Å². The molecule has 0 saturated heterocycles. The molecule has 0 spiro atoms. The lowest BCUT2D eigenvalue weighted by atomic mass is 10.1. The number of ether oxygens (including phenoxy) is 1. The number of hydrogen-bond donors (Lipinski definition) is 4. The third-order valence-corrected chi connectivity index (χ3v) is 7.39. The number of aliphatic carboxylic acids is 1. The van der Waals surface area contributed by atoms with Crippen LogP contribution in [0.2, 0.25) is 0 Å². The van der Waals surface area contributed by atoms with E-state index in [1.165, 1.54) is 12.8 Å². The second-order valence-corrected chi connectivity index (χ2v) is 12.1. The van der Waals surface area contributed by atoms with Crippen LogP contribution >= 0.6 is 7.82 Å². The van der Waals surface area contributed by atoms with Crippen LogP contribution in [0.5, 0.6) is 0 Å². The van der Waals surface area contributed by atoms with Crippen molar-refractivity contribution in [2.45, 2.75) is 129 Å². The van der Waals surface area contributed by atoms with E-state index in [2.05, 4.69) is 57.7 Å². The fourth-order valence-corrected chi connectivity index (χ4v) is 4.69. The average Bonchev–Trinajstić information content (AvgIpc) is 2.98. The first kappa shape index (κ1) is 41.7. The number of rotatable bonds is 29. The zero-order valence-corrected chi connectivity index (χ0v) is 27.6. The van der Waals surface area contributed by atoms with E-state index in [-0.39, 0.29) is 12.8 Å². The summed E-state index contributed by atoms with van der Waals surface area (Å²) in [6, 6.07) is -1.54. The highest BCUT2D eigenvalue weighted by Crippen LogP contribution is 2.43. The molecule has 0 aromatic carbocycles. The van der Waals surface area contributed by atoms with Gasteiger partial charge in [-0.3, -0.25) is 18.6 Å². The summed E-state index contributed by atoms with van der Waals surface area (Å²) in [4.78, 5) is 44.9. The number of unbranched alkanes of at least 4 members (excludes halogenated alkanes) is 9. The molecule has 0 aromatic heterocycles. The van der Waals surface area contributed by atoms with Gasteiger partial charge in [-0.1, -0.05) is 95.2 Å². The molecule has 12 heteroatoms. The van der Waals surface area contributed by atoms with Crippen molar-refractivity contribution in [2.24, 2.45) is 0 Å². The van der Waals surface area contributed by atoms with Crippen LogP contribution in [-0.2, 0) is 32.7 Å². The number of amides is 1. The number of esters is 1. The maximum absolute atomic E-state index is 12.0. The summed E-state index contributed by atoms with van der Waals surface area (Å²) < 4.78 is 26.4. The summed E-state index contributed by atoms with van der Waals surface area (Å²) >= 11 is 0. The topological polar surface area (TPSA) is 169 Å². The van der Waals surface area contributed by atoms with E-state index in [4.69, 9.17) is 4.74 Å². The summed E-state index contributed by atoms with van der Waals surface area (Å²) in [5.41, 5.74) is 0. The summed E-state index contributed by atoms with van der Waals surface area (Å²) in [6.07, 6.45) is 25.9. The van der Waals surface area contributed by atoms with Gasteiger partial charge in [0.2, 0.25) is 5.91 Å². The lowest BCUT2D eigenvalue weighted by Crippen LogP contribution is -2.43. The van der Waals surface area contributed by atoms with Crippen LogP contribution < -0.4 is 5.32 Å². The highest BCUT2D eigenvalue weighted by Gasteiger charge is 2.28. The number of allylic oxidation sites excluding steroid dienone is 6. The molecule has 0 aliphatic heterocycles. The minimum atomic E-state index is -4.73. The number of phosphoric ester groups is 1. The van der Waals surface area contributed by atoms with Crippen molar-refractivity contribution in [3.05, 3.63) is 36.5 Å². The first-order valence-electron chi connectivity index (χ1n) is 16.0. The molecule has 44 heavy (non-hydrogen) atoms. The Morgan fingerprint density at radius 2 is 1.32 bits per heavy atom. The number of carbonyl (C=O) groups is 3. The van der Waals surface area contributed by atoms with Crippen molar-refractivity contribution in [3.63, 3.8) is 0 Å². The third-order valence-electron chi connectivity index (χ3n) is 6.44. The van der Waals surface area contributed by atoms with Gasteiger partial charge in [0, 0.05) is 12.8 Å². The Hall–Kier alpha value is -2.30. The number of phosphoric acid groups is 1. The van der Waals surface area contributed by atoms with Gasteiger partial charge in [-0.25, -0.2) is 9.36 Å². The minimum absolute atomic E-state index is 0.130. The van der Waals surface area contributed by atoms with Gasteiger partial charge >= 0.3 is 19.8 Å². The maximum atomic E-state index is 12.0. The Labute approximate surface area is 263 Å². The molecule has 4 N–H and O–H groups in total. The predicted octanol–water partition coefficient (Wildman–Crippen LogP) is 6.54. The summed E-state index contributed by atoms with van der Waals surface area (Å²) in [5.74, 6) is -2.43. The number of carboxylic acid groups (broad SMARTS) is 1. The SMILES string of the molecule is CC/C=C\C/C=C\C/C=C\CCCCCCCCCC(=O)OCC(O)COP(=O)(O)OCC(NC(=O)CCCCC)C(=O)O.